The second kappa shape index (κ2) is 10.8. The molecule has 8 nitrogen and oxygen atoms in total. The molecule has 2 N–H and O–H groups in total. The summed E-state index contributed by atoms with van der Waals surface area (Å²) >= 11 is 7.49. The Morgan fingerprint density at radius 1 is 1.08 bits per heavy atom. The van der Waals surface area contributed by atoms with Gasteiger partial charge in [-0.3, -0.25) is 9.36 Å². The summed E-state index contributed by atoms with van der Waals surface area (Å²) in [4.78, 5) is 30.2. The highest BCUT2D eigenvalue weighted by molar-refractivity contribution is 7.98. The number of esters is 1. The van der Waals surface area contributed by atoms with Crippen LogP contribution in [-0.4, -0.2) is 31.0 Å². The molecule has 0 fully saturated rings. The molecule has 0 saturated carbocycles. The summed E-state index contributed by atoms with van der Waals surface area (Å²) in [6.07, 6.45) is 0.461. The second-order valence-corrected chi connectivity index (χ2v) is 10.9. The number of aryl methyl sites for hydroxylation is 1. The number of fused-ring (bicyclic) bond motifs is 1. The molecule has 0 atom stereocenters. The number of aromatic nitrogens is 2. The van der Waals surface area contributed by atoms with Crippen molar-refractivity contribution >= 4 is 50.3 Å². The molecule has 0 aliphatic rings. The smallest absolute Gasteiger partial charge is 0.337 e. The topological polar surface area (TPSA) is 121 Å². The van der Waals surface area contributed by atoms with E-state index in [-0.39, 0.29) is 10.5 Å². The Morgan fingerprint density at radius 3 is 2.50 bits per heavy atom. The quantitative estimate of drug-likeness (QED) is 0.202. The zero-order chi connectivity index (χ0) is 25.9. The average Bonchev–Trinajstić information content (AvgIpc) is 2.86. The normalized spacial score (nSPS) is 11.5. The molecule has 0 aliphatic heterocycles. The van der Waals surface area contributed by atoms with E-state index in [0.717, 1.165) is 11.1 Å². The summed E-state index contributed by atoms with van der Waals surface area (Å²) in [5, 5.41) is 6.64. The van der Waals surface area contributed by atoms with E-state index >= 15 is 0 Å². The molecule has 0 aliphatic carbocycles. The molecule has 0 bridgehead atoms. The standard InChI is InChI=1S/C25H22ClN3O5S2/c1-34-24(31)18-7-10-21-22(14-18)28-25(35-15-17-3-2-4-19(26)13-17)29(23(21)30)12-11-16-5-8-20(9-6-16)36(27,32)33/h2-10,13-14H,11-12,15H2,1H3,(H2,27,32,33). The van der Waals surface area contributed by atoms with Gasteiger partial charge in [0.1, 0.15) is 0 Å². The van der Waals surface area contributed by atoms with Gasteiger partial charge in [0.05, 0.1) is 28.5 Å². The van der Waals surface area contributed by atoms with E-state index in [4.69, 9.17) is 26.5 Å². The number of sulfonamides is 1. The third-order valence-corrected chi connectivity index (χ3v) is 7.69. The Balaban J connectivity index is 1.70. The van der Waals surface area contributed by atoms with Crippen LogP contribution in [0.3, 0.4) is 0 Å². The molecule has 4 aromatic rings. The van der Waals surface area contributed by atoms with E-state index in [1.807, 2.05) is 18.2 Å². The van der Waals surface area contributed by atoms with Gasteiger partial charge in [-0.05, 0) is 60.0 Å². The summed E-state index contributed by atoms with van der Waals surface area (Å²) in [6.45, 7) is 0.313. The van der Waals surface area contributed by atoms with E-state index in [0.29, 0.717) is 45.4 Å². The number of carbonyl (C=O) groups excluding carboxylic acids is 1. The lowest BCUT2D eigenvalue weighted by Crippen LogP contribution is -2.24. The first-order valence-corrected chi connectivity index (χ1v) is 13.7. The molecule has 0 saturated heterocycles. The summed E-state index contributed by atoms with van der Waals surface area (Å²) in [5.74, 6) is 0.0112. The number of rotatable bonds is 8. The van der Waals surface area contributed by atoms with E-state index in [1.165, 1.54) is 37.1 Å². The van der Waals surface area contributed by atoms with Crippen molar-refractivity contribution in [3.63, 3.8) is 0 Å². The summed E-state index contributed by atoms with van der Waals surface area (Å²) < 4.78 is 29.4. The summed E-state index contributed by atoms with van der Waals surface area (Å²) in [6, 6.07) is 18.3. The van der Waals surface area contributed by atoms with Gasteiger partial charge < -0.3 is 4.74 Å². The highest BCUT2D eigenvalue weighted by Crippen LogP contribution is 2.24. The third kappa shape index (κ3) is 5.96. The largest absolute Gasteiger partial charge is 0.465 e. The van der Waals surface area contributed by atoms with Crippen LogP contribution in [0.15, 0.2) is 81.6 Å². The Labute approximate surface area is 217 Å². The Hall–Kier alpha value is -3.18. The van der Waals surface area contributed by atoms with Crippen LogP contribution < -0.4 is 10.7 Å². The van der Waals surface area contributed by atoms with Gasteiger partial charge in [-0.25, -0.2) is 23.3 Å². The molecule has 1 heterocycles. The predicted molar refractivity (Wildman–Crippen MR) is 140 cm³/mol. The van der Waals surface area contributed by atoms with Crippen molar-refractivity contribution in [3.8, 4) is 0 Å². The van der Waals surface area contributed by atoms with Crippen molar-refractivity contribution < 1.29 is 17.9 Å². The van der Waals surface area contributed by atoms with Gasteiger partial charge in [-0.2, -0.15) is 0 Å². The zero-order valence-electron chi connectivity index (χ0n) is 19.2. The molecule has 11 heteroatoms. The van der Waals surface area contributed by atoms with Crippen LogP contribution in [0, 0.1) is 0 Å². The zero-order valence-corrected chi connectivity index (χ0v) is 21.6. The van der Waals surface area contributed by atoms with Crippen LogP contribution in [0.1, 0.15) is 21.5 Å². The molecular formula is C25H22ClN3O5S2. The number of nitrogens with zero attached hydrogens (tertiary/aromatic N) is 2. The van der Waals surface area contributed by atoms with Gasteiger partial charge >= 0.3 is 5.97 Å². The van der Waals surface area contributed by atoms with Crippen LogP contribution in [0.5, 0.6) is 0 Å². The van der Waals surface area contributed by atoms with E-state index in [9.17, 15) is 18.0 Å². The van der Waals surface area contributed by atoms with Crippen LogP contribution in [0.2, 0.25) is 5.02 Å². The number of nitrogens with two attached hydrogens (primary N) is 1. The highest BCUT2D eigenvalue weighted by Gasteiger charge is 2.15. The Bertz CT molecular complexity index is 1600. The van der Waals surface area contributed by atoms with E-state index < -0.39 is 16.0 Å². The highest BCUT2D eigenvalue weighted by atomic mass is 35.5. The minimum absolute atomic E-state index is 0.0231. The van der Waals surface area contributed by atoms with Crippen LogP contribution in [0.25, 0.3) is 10.9 Å². The summed E-state index contributed by atoms with van der Waals surface area (Å²) in [5.41, 5.74) is 2.25. The molecule has 0 unspecified atom stereocenters. The molecule has 0 amide bonds. The van der Waals surface area contributed by atoms with E-state index in [2.05, 4.69) is 0 Å². The maximum absolute atomic E-state index is 13.4. The third-order valence-electron chi connectivity index (χ3n) is 5.47. The SMILES string of the molecule is COC(=O)c1ccc2c(=O)n(CCc3ccc(S(N)(=O)=O)cc3)c(SCc3cccc(Cl)c3)nc2c1. The average molecular weight is 544 g/mol. The second-order valence-electron chi connectivity index (χ2n) is 7.93. The van der Waals surface area contributed by atoms with Crippen LogP contribution in [0.4, 0.5) is 0 Å². The molecule has 1 aromatic heterocycles. The first kappa shape index (κ1) is 25.9. The fourth-order valence-electron chi connectivity index (χ4n) is 3.61. The number of halogens is 1. The number of methoxy groups -OCH3 is 1. The first-order chi connectivity index (χ1) is 17.2. The minimum Gasteiger partial charge on any atom is -0.465 e. The molecule has 3 aromatic carbocycles. The minimum atomic E-state index is -3.78. The van der Waals surface area contributed by atoms with Gasteiger partial charge in [-0.1, -0.05) is 47.6 Å². The van der Waals surface area contributed by atoms with Crippen molar-refractivity contribution in [3.05, 3.63) is 98.8 Å². The molecule has 186 valence electrons. The number of primary sulfonamides is 1. The number of hydrogen-bond donors (Lipinski definition) is 1. The first-order valence-electron chi connectivity index (χ1n) is 10.8. The molecule has 0 spiro atoms. The molecule has 36 heavy (non-hydrogen) atoms. The van der Waals surface area contributed by atoms with Crippen LogP contribution >= 0.6 is 23.4 Å². The fraction of sp³-hybridized carbons (Fsp3) is 0.160. The van der Waals surface area contributed by atoms with Crippen molar-refractivity contribution in [2.75, 3.05) is 7.11 Å². The van der Waals surface area contributed by atoms with E-state index in [1.54, 1.807) is 34.9 Å². The van der Waals surface area contributed by atoms with Crippen molar-refractivity contribution in [2.24, 2.45) is 5.14 Å². The maximum Gasteiger partial charge on any atom is 0.337 e. The summed E-state index contributed by atoms with van der Waals surface area (Å²) in [7, 11) is -2.49. The van der Waals surface area contributed by atoms with Crippen LogP contribution in [-0.2, 0) is 33.5 Å². The fourth-order valence-corrected chi connectivity index (χ4v) is 5.31. The van der Waals surface area contributed by atoms with Gasteiger partial charge in [-0.15, -0.1) is 0 Å². The lowest BCUT2D eigenvalue weighted by molar-refractivity contribution is 0.0601. The van der Waals surface area contributed by atoms with Gasteiger partial charge in [0, 0.05) is 17.3 Å². The molecule has 4 rings (SSSR count). The van der Waals surface area contributed by atoms with Crippen molar-refractivity contribution in [1.82, 2.24) is 9.55 Å². The number of benzene rings is 3. The lowest BCUT2D eigenvalue weighted by Gasteiger charge is -2.14. The van der Waals surface area contributed by atoms with Gasteiger partial charge in [0.2, 0.25) is 10.0 Å². The number of hydrogen-bond acceptors (Lipinski definition) is 7. The van der Waals surface area contributed by atoms with Crippen molar-refractivity contribution in [2.45, 2.75) is 28.8 Å². The van der Waals surface area contributed by atoms with Gasteiger partial charge in [0.15, 0.2) is 5.16 Å². The maximum atomic E-state index is 13.4. The lowest BCUT2D eigenvalue weighted by atomic mass is 10.1. The monoisotopic (exact) mass is 543 g/mol. The number of carbonyl (C=O) groups is 1. The van der Waals surface area contributed by atoms with Gasteiger partial charge in [0.25, 0.3) is 5.56 Å². The number of thioether (sulfide) groups is 1. The molecule has 0 radical (unpaired) electrons. The Kier molecular flexibility index (Phi) is 7.79. The Morgan fingerprint density at radius 2 is 1.83 bits per heavy atom. The molecular weight excluding hydrogens is 522 g/mol. The number of ether oxygens (including phenoxy) is 1. The van der Waals surface area contributed by atoms with Crippen molar-refractivity contribution in [1.29, 1.82) is 0 Å². The predicted octanol–water partition coefficient (Wildman–Crippen LogP) is 4.02.